The minimum atomic E-state index is -4.61. The fraction of sp³-hybridized carbons (Fsp3) is 0.294. The van der Waals surface area contributed by atoms with Crippen molar-refractivity contribution in [2.45, 2.75) is 24.4 Å². The number of Topliss-reactive ketones (excluding diaryl/α,β-unsaturated/α-hetero) is 1. The van der Waals surface area contributed by atoms with Crippen LogP contribution < -0.4 is 10.8 Å². The molecule has 2 rings (SSSR count). The second-order valence-electron chi connectivity index (χ2n) is 5.50. The van der Waals surface area contributed by atoms with Gasteiger partial charge in [0.15, 0.2) is 5.78 Å². The van der Waals surface area contributed by atoms with Crippen molar-refractivity contribution < 1.29 is 28.9 Å². The number of benzene rings is 1. The van der Waals surface area contributed by atoms with Crippen LogP contribution in [-0.2, 0) is 12.6 Å². The maximum Gasteiger partial charge on any atom is 0.433 e. The molecule has 0 unspecified atom stereocenters. The number of nitrogens with zero attached hydrogens (tertiary/aromatic N) is 1. The molecular weight excluding hydrogens is 419 g/mol. The number of hydrogen-bond donors (Lipinski definition) is 2. The summed E-state index contributed by atoms with van der Waals surface area (Å²) in [6, 6.07) is 3.76. The summed E-state index contributed by atoms with van der Waals surface area (Å²) in [6.45, 7) is 1.89. The summed E-state index contributed by atoms with van der Waals surface area (Å²) in [7, 11) is 1.53. The molecule has 0 saturated carbocycles. The van der Waals surface area contributed by atoms with Gasteiger partial charge in [-0.25, -0.2) is 4.98 Å². The highest BCUT2D eigenvalue weighted by Gasteiger charge is 2.33. The Labute approximate surface area is 168 Å². The summed E-state index contributed by atoms with van der Waals surface area (Å²) in [6.07, 6.45) is -3.84. The van der Waals surface area contributed by atoms with E-state index >= 15 is 0 Å². The van der Waals surface area contributed by atoms with Crippen LogP contribution in [0, 0.1) is 5.21 Å². The lowest BCUT2D eigenvalue weighted by Gasteiger charge is -2.14. The number of aromatic nitrogens is 1. The maximum absolute atomic E-state index is 12.9. The Bertz CT molecular complexity index is 850. The zero-order chi connectivity index (χ0) is 20.2. The second-order valence-corrected chi connectivity index (χ2v) is 7.21. The molecule has 5 N–H and O–H groups in total. The fourth-order valence-electron chi connectivity index (χ4n) is 2.45. The number of carbonyl (C=O) groups is 1. The van der Waals surface area contributed by atoms with E-state index in [2.05, 4.69) is 10.3 Å². The van der Waals surface area contributed by atoms with Crippen molar-refractivity contribution in [1.29, 1.82) is 0 Å². The number of hydrogen-bond acceptors (Lipinski definition) is 5. The molecule has 0 spiro atoms. The van der Waals surface area contributed by atoms with Gasteiger partial charge in [-0.05, 0) is 23.4 Å². The molecule has 0 aliphatic heterocycles. The fourth-order valence-corrected chi connectivity index (χ4v) is 3.56. The molecular formula is C17H19ClF3N3O3S. The molecule has 0 amide bonds. The van der Waals surface area contributed by atoms with Gasteiger partial charge in [0, 0.05) is 30.0 Å². The highest BCUT2D eigenvalue weighted by molar-refractivity contribution is 7.99. The van der Waals surface area contributed by atoms with E-state index in [1.54, 1.807) is 0 Å². The largest absolute Gasteiger partial charge is 0.630 e. The van der Waals surface area contributed by atoms with Crippen LogP contribution in [0.25, 0.3) is 0 Å². The van der Waals surface area contributed by atoms with Gasteiger partial charge in [0.2, 0.25) is 0 Å². The Balaban J connectivity index is 0.00000392. The van der Waals surface area contributed by atoms with Gasteiger partial charge >= 0.3 is 6.18 Å². The van der Waals surface area contributed by atoms with Crippen LogP contribution in [0.3, 0.4) is 0 Å². The molecule has 154 valence electrons. The van der Waals surface area contributed by atoms with Gasteiger partial charge < -0.3 is 21.5 Å². The standard InChI is InChI=1S/C17H17ClF3N3O2S.H2O/c1-3-27-15-7-11(18)12(24-26)6-10(15)14(25)4-9-5-16(17(19,20)21)23-8-13(9)22-2;/h5-8,22H,3-4,24H2,1-2H3;1H2. The lowest BCUT2D eigenvalue weighted by Crippen LogP contribution is -2.70. The second kappa shape index (κ2) is 10.1. The number of pyridine rings is 1. The predicted molar refractivity (Wildman–Crippen MR) is 103 cm³/mol. The van der Waals surface area contributed by atoms with Crippen molar-refractivity contribution >= 4 is 40.5 Å². The van der Waals surface area contributed by atoms with Gasteiger partial charge in [0.05, 0.1) is 11.9 Å². The first-order valence-electron chi connectivity index (χ1n) is 7.89. The Morgan fingerprint density at radius 1 is 1.36 bits per heavy atom. The Morgan fingerprint density at radius 3 is 2.57 bits per heavy atom. The number of anilines is 1. The summed E-state index contributed by atoms with van der Waals surface area (Å²) in [4.78, 5) is 16.8. The SMILES string of the molecule is CCSc1cc(Cl)c([NH2+][O-])cc1C(=O)Cc1cc(C(F)(F)F)ncc1NC.O. The van der Waals surface area contributed by atoms with Crippen LogP contribution in [0.4, 0.5) is 24.5 Å². The zero-order valence-corrected chi connectivity index (χ0v) is 16.6. The Kier molecular flexibility index (Phi) is 8.71. The molecule has 2 aromatic rings. The Morgan fingerprint density at radius 2 is 2.04 bits per heavy atom. The summed E-state index contributed by atoms with van der Waals surface area (Å²) in [5.41, 5.74) is 0.357. The van der Waals surface area contributed by atoms with Crippen molar-refractivity contribution in [2.75, 3.05) is 18.1 Å². The Hall–Kier alpha value is -1.85. The quantitative estimate of drug-likeness (QED) is 0.299. The molecule has 1 heterocycles. The smallest absolute Gasteiger partial charge is 0.433 e. The van der Waals surface area contributed by atoms with Crippen molar-refractivity contribution in [3.63, 3.8) is 0 Å². The van der Waals surface area contributed by atoms with E-state index in [9.17, 15) is 23.2 Å². The molecule has 0 bridgehead atoms. The maximum atomic E-state index is 12.9. The monoisotopic (exact) mass is 437 g/mol. The molecule has 0 fully saturated rings. The normalized spacial score (nSPS) is 11.1. The molecule has 1 aromatic carbocycles. The molecule has 6 nitrogen and oxygen atoms in total. The van der Waals surface area contributed by atoms with Crippen molar-refractivity contribution in [3.05, 3.63) is 51.4 Å². The molecule has 1 aromatic heterocycles. The third-order valence-electron chi connectivity index (χ3n) is 3.73. The van der Waals surface area contributed by atoms with Crippen LogP contribution in [0.5, 0.6) is 0 Å². The van der Waals surface area contributed by atoms with Gasteiger partial charge in [-0.15, -0.1) is 11.8 Å². The van der Waals surface area contributed by atoms with E-state index in [0.717, 1.165) is 12.3 Å². The summed E-state index contributed by atoms with van der Waals surface area (Å²) in [5.74, 6) is 0.244. The third-order valence-corrected chi connectivity index (χ3v) is 4.99. The number of ketones is 1. The zero-order valence-electron chi connectivity index (χ0n) is 15.0. The molecule has 0 aliphatic carbocycles. The van der Waals surface area contributed by atoms with E-state index in [1.165, 1.54) is 30.9 Å². The number of halogens is 4. The van der Waals surface area contributed by atoms with Crippen molar-refractivity contribution in [3.8, 4) is 0 Å². The molecule has 0 radical (unpaired) electrons. The third kappa shape index (κ3) is 5.58. The highest BCUT2D eigenvalue weighted by atomic mass is 35.5. The minimum absolute atomic E-state index is 0. The van der Waals surface area contributed by atoms with E-state index in [4.69, 9.17) is 11.6 Å². The summed E-state index contributed by atoms with van der Waals surface area (Å²) < 4.78 is 38.8. The number of nitrogens with one attached hydrogen (secondary N) is 1. The van der Waals surface area contributed by atoms with E-state index in [-0.39, 0.29) is 33.7 Å². The number of rotatable bonds is 7. The van der Waals surface area contributed by atoms with Crippen molar-refractivity contribution in [2.24, 2.45) is 0 Å². The molecule has 0 atom stereocenters. The van der Waals surface area contributed by atoms with Gasteiger partial charge in [-0.1, -0.05) is 18.5 Å². The first-order valence-corrected chi connectivity index (χ1v) is 9.26. The van der Waals surface area contributed by atoms with E-state index in [1.807, 2.05) is 6.92 Å². The number of alkyl halides is 3. The number of quaternary nitrogens is 1. The van der Waals surface area contributed by atoms with Crippen LogP contribution in [0.15, 0.2) is 29.3 Å². The van der Waals surface area contributed by atoms with Crippen LogP contribution >= 0.6 is 23.4 Å². The van der Waals surface area contributed by atoms with Crippen LogP contribution in [0.1, 0.15) is 28.5 Å². The van der Waals surface area contributed by atoms with E-state index in [0.29, 0.717) is 21.8 Å². The number of carbonyl (C=O) groups excluding carboxylic acids is 1. The summed E-state index contributed by atoms with van der Waals surface area (Å²) >= 11 is 7.38. The number of nitrogens with two attached hydrogens (primary N) is 1. The van der Waals surface area contributed by atoms with E-state index < -0.39 is 17.7 Å². The molecule has 11 heteroatoms. The van der Waals surface area contributed by atoms with Crippen LogP contribution in [-0.4, -0.2) is 29.0 Å². The molecule has 0 aliphatic rings. The van der Waals surface area contributed by atoms with Gasteiger partial charge in [0.25, 0.3) is 0 Å². The average molecular weight is 438 g/mol. The first kappa shape index (κ1) is 24.2. The predicted octanol–water partition coefficient (Wildman–Crippen LogP) is 3.20. The van der Waals surface area contributed by atoms with Crippen LogP contribution in [0.2, 0.25) is 5.02 Å². The highest BCUT2D eigenvalue weighted by Crippen LogP contribution is 2.33. The molecule has 0 saturated heterocycles. The summed E-state index contributed by atoms with van der Waals surface area (Å²) in [5, 5.41) is 14.1. The first-order chi connectivity index (χ1) is 12.7. The molecule has 28 heavy (non-hydrogen) atoms. The van der Waals surface area contributed by atoms with Gasteiger partial charge in [0.1, 0.15) is 16.4 Å². The topological polar surface area (TPSA) is 113 Å². The van der Waals surface area contributed by atoms with Gasteiger partial charge in [-0.2, -0.15) is 13.2 Å². The van der Waals surface area contributed by atoms with Gasteiger partial charge in [-0.3, -0.25) is 4.79 Å². The van der Waals surface area contributed by atoms with Crippen molar-refractivity contribution in [1.82, 2.24) is 4.98 Å². The number of thioether (sulfide) groups is 1. The lowest BCUT2D eigenvalue weighted by atomic mass is 10.0. The average Bonchev–Trinajstić information content (AvgIpc) is 2.61. The minimum Gasteiger partial charge on any atom is -0.630 e. The lowest BCUT2D eigenvalue weighted by molar-refractivity contribution is -0.497.